The normalized spacial score (nSPS) is 22.3. The second kappa shape index (κ2) is 10.4. The van der Waals surface area contributed by atoms with Crippen molar-refractivity contribution in [2.75, 3.05) is 13.1 Å². The zero-order chi connectivity index (χ0) is 21.6. The number of benzene rings is 1. The van der Waals surface area contributed by atoms with Crippen molar-refractivity contribution in [2.45, 2.75) is 65.4 Å². The summed E-state index contributed by atoms with van der Waals surface area (Å²) in [6.07, 6.45) is -0.386. The van der Waals surface area contributed by atoms with Crippen molar-refractivity contribution in [3.8, 4) is 0 Å². The summed E-state index contributed by atoms with van der Waals surface area (Å²) in [5, 5.41) is 2.76. The zero-order valence-electron chi connectivity index (χ0n) is 17.9. The number of morpholine rings is 1. The van der Waals surface area contributed by atoms with Crippen LogP contribution in [0.25, 0.3) is 0 Å². The molecule has 1 saturated heterocycles. The van der Waals surface area contributed by atoms with Gasteiger partial charge in [0.05, 0.1) is 12.2 Å². The summed E-state index contributed by atoms with van der Waals surface area (Å²) >= 11 is 0. The van der Waals surface area contributed by atoms with Gasteiger partial charge in [-0.05, 0) is 38.8 Å². The molecular weight excluding hydrogens is 372 g/mol. The number of ether oxygens (including phenoxy) is 2. The van der Waals surface area contributed by atoms with Crippen molar-refractivity contribution in [3.63, 3.8) is 0 Å². The van der Waals surface area contributed by atoms with Gasteiger partial charge in [-0.25, -0.2) is 4.79 Å². The van der Waals surface area contributed by atoms with E-state index in [1.165, 1.54) is 0 Å². The third-order valence-corrected chi connectivity index (χ3v) is 5.16. The summed E-state index contributed by atoms with van der Waals surface area (Å²) in [5.41, 5.74) is 0.467. The highest BCUT2D eigenvalue weighted by atomic mass is 16.5. The van der Waals surface area contributed by atoms with Gasteiger partial charge < -0.3 is 19.7 Å². The van der Waals surface area contributed by atoms with Crippen LogP contribution in [0.15, 0.2) is 30.3 Å². The summed E-state index contributed by atoms with van der Waals surface area (Å²) in [5.74, 6) is -1.33. The molecule has 7 heteroatoms. The van der Waals surface area contributed by atoms with E-state index in [4.69, 9.17) is 9.47 Å². The lowest BCUT2D eigenvalue weighted by atomic mass is 9.98. The van der Waals surface area contributed by atoms with E-state index in [0.29, 0.717) is 25.1 Å². The minimum absolute atomic E-state index is 0.0661. The minimum atomic E-state index is -0.930. The van der Waals surface area contributed by atoms with Gasteiger partial charge in [-0.2, -0.15) is 0 Å². The molecular formula is C22H32N2O5. The van der Waals surface area contributed by atoms with Crippen molar-refractivity contribution < 1.29 is 23.9 Å². The summed E-state index contributed by atoms with van der Waals surface area (Å²) in [4.78, 5) is 39.7. The highest BCUT2D eigenvalue weighted by molar-refractivity contribution is 5.97. The fourth-order valence-electron chi connectivity index (χ4n) is 3.40. The summed E-state index contributed by atoms with van der Waals surface area (Å²) in [6, 6.07) is 7.87. The van der Waals surface area contributed by atoms with Gasteiger partial charge in [0.2, 0.25) is 0 Å². The Hall–Kier alpha value is -2.41. The maximum atomic E-state index is 12.8. The van der Waals surface area contributed by atoms with Crippen molar-refractivity contribution in [3.05, 3.63) is 35.9 Å². The van der Waals surface area contributed by atoms with E-state index < -0.39 is 18.1 Å². The predicted octanol–water partition coefficient (Wildman–Crippen LogP) is 2.40. The first-order chi connectivity index (χ1) is 13.7. The smallest absolute Gasteiger partial charge is 0.329 e. The molecule has 1 N–H and O–H groups in total. The molecule has 1 aliphatic rings. The molecule has 2 rings (SSSR count). The second-order valence-corrected chi connectivity index (χ2v) is 7.78. The Bertz CT molecular complexity index is 698. The van der Waals surface area contributed by atoms with E-state index in [2.05, 4.69) is 5.32 Å². The van der Waals surface area contributed by atoms with Gasteiger partial charge in [0, 0.05) is 18.7 Å². The Labute approximate surface area is 172 Å². The van der Waals surface area contributed by atoms with Crippen LogP contribution >= 0.6 is 0 Å². The van der Waals surface area contributed by atoms with Crippen LogP contribution in [-0.4, -0.2) is 60.1 Å². The Morgan fingerprint density at radius 3 is 2.28 bits per heavy atom. The summed E-state index contributed by atoms with van der Waals surface area (Å²) < 4.78 is 11.1. The van der Waals surface area contributed by atoms with E-state index in [9.17, 15) is 14.4 Å². The standard InChI is InChI=1S/C22H32N2O5/c1-6-14(2)19(23-20(25)18-10-8-7-9-11-18)22(27)29-17(5)21(26)24-12-15(3)28-16(4)13-24/h7-11,14-17,19H,6,12-13H2,1-5H3,(H,23,25)/t14-,15-,16-,17+,19-/m0/s1. The Morgan fingerprint density at radius 2 is 1.72 bits per heavy atom. The van der Waals surface area contributed by atoms with Gasteiger partial charge in [0.15, 0.2) is 6.10 Å². The van der Waals surface area contributed by atoms with Crippen LogP contribution in [0.1, 0.15) is 51.4 Å². The number of rotatable bonds is 7. The molecule has 0 aromatic heterocycles. The van der Waals surface area contributed by atoms with E-state index in [1.807, 2.05) is 33.8 Å². The quantitative estimate of drug-likeness (QED) is 0.706. The Balaban J connectivity index is 2.03. The number of esters is 1. The number of nitrogens with one attached hydrogen (secondary N) is 1. The first-order valence-corrected chi connectivity index (χ1v) is 10.2. The molecule has 0 bridgehead atoms. The van der Waals surface area contributed by atoms with E-state index in [-0.39, 0.29) is 29.9 Å². The second-order valence-electron chi connectivity index (χ2n) is 7.78. The molecule has 29 heavy (non-hydrogen) atoms. The fraction of sp³-hybridized carbons (Fsp3) is 0.591. The van der Waals surface area contributed by atoms with Gasteiger partial charge in [0.25, 0.3) is 11.8 Å². The van der Waals surface area contributed by atoms with E-state index in [1.54, 1.807) is 36.1 Å². The molecule has 0 aliphatic carbocycles. The van der Waals surface area contributed by atoms with Crippen LogP contribution in [0.5, 0.6) is 0 Å². The molecule has 0 saturated carbocycles. The monoisotopic (exact) mass is 404 g/mol. The van der Waals surface area contributed by atoms with Gasteiger partial charge in [-0.15, -0.1) is 0 Å². The highest BCUT2D eigenvalue weighted by Crippen LogP contribution is 2.15. The Kier molecular flexibility index (Phi) is 8.20. The third kappa shape index (κ3) is 6.29. The van der Waals surface area contributed by atoms with Crippen LogP contribution in [0.4, 0.5) is 0 Å². The maximum absolute atomic E-state index is 12.8. The molecule has 160 valence electrons. The number of nitrogens with zero attached hydrogens (tertiary/aromatic N) is 1. The largest absolute Gasteiger partial charge is 0.451 e. The molecule has 1 aromatic rings. The van der Waals surface area contributed by atoms with Crippen LogP contribution < -0.4 is 5.32 Å². The predicted molar refractivity (Wildman–Crippen MR) is 109 cm³/mol. The molecule has 5 atom stereocenters. The van der Waals surface area contributed by atoms with Gasteiger partial charge in [-0.1, -0.05) is 38.5 Å². The van der Waals surface area contributed by atoms with E-state index in [0.717, 1.165) is 0 Å². The SMILES string of the molecule is CC[C@H](C)[C@H](NC(=O)c1ccccc1)C(=O)O[C@H](C)C(=O)N1C[C@H](C)O[C@@H](C)C1. The minimum Gasteiger partial charge on any atom is -0.451 e. The number of carbonyl (C=O) groups is 3. The Morgan fingerprint density at radius 1 is 1.14 bits per heavy atom. The van der Waals surface area contributed by atoms with Gasteiger partial charge >= 0.3 is 5.97 Å². The van der Waals surface area contributed by atoms with Crippen molar-refractivity contribution in [1.82, 2.24) is 10.2 Å². The molecule has 2 amide bonds. The zero-order valence-corrected chi connectivity index (χ0v) is 17.9. The van der Waals surface area contributed by atoms with Gasteiger partial charge in [0.1, 0.15) is 6.04 Å². The average Bonchev–Trinajstić information content (AvgIpc) is 2.70. The van der Waals surface area contributed by atoms with Crippen LogP contribution in [-0.2, 0) is 19.1 Å². The highest BCUT2D eigenvalue weighted by Gasteiger charge is 2.34. The average molecular weight is 405 g/mol. The van der Waals surface area contributed by atoms with E-state index >= 15 is 0 Å². The lowest BCUT2D eigenvalue weighted by Gasteiger charge is -2.36. The topological polar surface area (TPSA) is 84.9 Å². The molecule has 0 unspecified atom stereocenters. The first-order valence-electron chi connectivity index (χ1n) is 10.2. The van der Waals surface area contributed by atoms with Crippen LogP contribution in [0.3, 0.4) is 0 Å². The lowest BCUT2D eigenvalue weighted by Crippen LogP contribution is -2.53. The number of hydrogen-bond acceptors (Lipinski definition) is 5. The third-order valence-electron chi connectivity index (χ3n) is 5.16. The number of hydrogen-bond donors (Lipinski definition) is 1. The molecule has 1 fully saturated rings. The molecule has 0 radical (unpaired) electrons. The molecule has 1 heterocycles. The summed E-state index contributed by atoms with van der Waals surface area (Å²) in [7, 11) is 0. The first kappa shape index (κ1) is 22.9. The molecule has 1 aliphatic heterocycles. The number of carbonyl (C=O) groups excluding carboxylic acids is 3. The lowest BCUT2D eigenvalue weighted by molar-refractivity contribution is -0.166. The van der Waals surface area contributed by atoms with Crippen molar-refractivity contribution in [1.29, 1.82) is 0 Å². The van der Waals surface area contributed by atoms with Crippen molar-refractivity contribution >= 4 is 17.8 Å². The fourth-order valence-corrected chi connectivity index (χ4v) is 3.40. The van der Waals surface area contributed by atoms with Crippen LogP contribution in [0, 0.1) is 5.92 Å². The molecule has 0 spiro atoms. The molecule has 1 aromatic carbocycles. The number of amides is 2. The van der Waals surface area contributed by atoms with Gasteiger partial charge in [-0.3, -0.25) is 9.59 Å². The summed E-state index contributed by atoms with van der Waals surface area (Å²) in [6.45, 7) is 10.1. The van der Waals surface area contributed by atoms with Crippen molar-refractivity contribution in [2.24, 2.45) is 5.92 Å². The van der Waals surface area contributed by atoms with Crippen LogP contribution in [0.2, 0.25) is 0 Å². The maximum Gasteiger partial charge on any atom is 0.329 e. The molecule has 7 nitrogen and oxygen atoms in total.